The van der Waals surface area contributed by atoms with Gasteiger partial charge in [0, 0.05) is 6.08 Å². The normalized spacial score (nSPS) is 18.2. The van der Waals surface area contributed by atoms with E-state index in [9.17, 15) is 18.0 Å². The number of hydrogen-bond acceptors (Lipinski definition) is 4. The van der Waals surface area contributed by atoms with Gasteiger partial charge in [-0.15, -0.1) is 0 Å². The number of hydrogen-bond donors (Lipinski definition) is 1. The summed E-state index contributed by atoms with van der Waals surface area (Å²) in [5.41, 5.74) is -0.956. The van der Waals surface area contributed by atoms with E-state index in [1.54, 1.807) is 12.1 Å². The number of furan rings is 1. The van der Waals surface area contributed by atoms with Crippen LogP contribution >= 0.6 is 39.3 Å². The Hall–Kier alpha value is -1.71. The molecule has 1 aliphatic heterocycles. The van der Waals surface area contributed by atoms with E-state index >= 15 is 0 Å². The van der Waals surface area contributed by atoms with Crippen molar-refractivity contribution in [2.75, 3.05) is 0 Å². The number of benzene rings is 1. The fourth-order valence-corrected chi connectivity index (χ4v) is 3.19. The number of thioether (sulfide) groups is 1. The highest BCUT2D eigenvalue weighted by Gasteiger charge is 2.31. The van der Waals surface area contributed by atoms with Crippen molar-refractivity contribution < 1.29 is 22.4 Å². The molecule has 1 aliphatic rings. The van der Waals surface area contributed by atoms with Gasteiger partial charge in [0.15, 0.2) is 9.84 Å². The summed E-state index contributed by atoms with van der Waals surface area (Å²) in [6.45, 7) is 0. The third-order valence-corrected chi connectivity index (χ3v) is 4.67. The number of amidine groups is 1. The van der Waals surface area contributed by atoms with Gasteiger partial charge in [0.05, 0.1) is 21.2 Å². The zero-order chi connectivity index (χ0) is 18.2. The highest BCUT2D eigenvalue weighted by molar-refractivity contribution is 9.10. The largest absolute Gasteiger partial charge is 0.450 e. The molecule has 3 rings (SSSR count). The molecule has 0 aliphatic carbocycles. The molecule has 1 N–H and O–H groups in total. The second kappa shape index (κ2) is 6.89. The molecule has 1 fully saturated rings. The van der Waals surface area contributed by atoms with Crippen LogP contribution in [0.25, 0.3) is 6.08 Å². The molecule has 1 amide bonds. The van der Waals surface area contributed by atoms with Crippen molar-refractivity contribution in [3.63, 3.8) is 0 Å². The minimum atomic E-state index is -4.51. The summed E-state index contributed by atoms with van der Waals surface area (Å²) in [4.78, 5) is 16.3. The predicted octanol–water partition coefficient (Wildman–Crippen LogP) is 5.61. The third kappa shape index (κ3) is 4.28. The lowest BCUT2D eigenvalue weighted by molar-refractivity contribution is -0.137. The maximum atomic E-state index is 12.8. The predicted molar refractivity (Wildman–Crippen MR) is 93.7 cm³/mol. The van der Waals surface area contributed by atoms with Gasteiger partial charge >= 0.3 is 6.18 Å². The standard InChI is InChI=1S/C15H7BrClF3N2O2S/c16-12-4-2-8(24-12)6-11-13(23)22-14(25-11)21-10-5-7(15(18,19)20)1-3-9(10)17/h1-6H,(H,21,22,23). The minimum absolute atomic E-state index is 0.0442. The van der Waals surface area contributed by atoms with Gasteiger partial charge < -0.3 is 9.73 Å². The van der Waals surface area contributed by atoms with Gasteiger partial charge in [-0.2, -0.15) is 13.2 Å². The van der Waals surface area contributed by atoms with Crippen molar-refractivity contribution in [3.8, 4) is 0 Å². The topological polar surface area (TPSA) is 54.6 Å². The van der Waals surface area contributed by atoms with Gasteiger partial charge in [-0.1, -0.05) is 11.6 Å². The lowest BCUT2D eigenvalue weighted by Gasteiger charge is -2.08. The first kappa shape index (κ1) is 18.1. The van der Waals surface area contributed by atoms with Gasteiger partial charge in [-0.3, -0.25) is 4.79 Å². The molecule has 130 valence electrons. The molecular formula is C15H7BrClF3N2O2S. The zero-order valence-corrected chi connectivity index (χ0v) is 15.2. The highest BCUT2D eigenvalue weighted by Crippen LogP contribution is 2.36. The van der Waals surface area contributed by atoms with Crippen LogP contribution in [-0.4, -0.2) is 11.1 Å². The van der Waals surface area contributed by atoms with Crippen molar-refractivity contribution in [1.82, 2.24) is 5.32 Å². The highest BCUT2D eigenvalue weighted by atomic mass is 79.9. The summed E-state index contributed by atoms with van der Waals surface area (Å²) < 4.78 is 44.2. The van der Waals surface area contributed by atoms with Gasteiger partial charge in [0.25, 0.3) is 5.91 Å². The van der Waals surface area contributed by atoms with E-state index in [4.69, 9.17) is 16.0 Å². The first-order chi connectivity index (χ1) is 11.7. The van der Waals surface area contributed by atoms with Crippen LogP contribution < -0.4 is 5.32 Å². The zero-order valence-electron chi connectivity index (χ0n) is 12.0. The van der Waals surface area contributed by atoms with E-state index in [2.05, 4.69) is 26.2 Å². The molecule has 0 bridgehead atoms. The van der Waals surface area contributed by atoms with Gasteiger partial charge in [-0.05, 0) is 58.0 Å². The van der Waals surface area contributed by atoms with Crippen LogP contribution in [0.4, 0.5) is 18.9 Å². The molecular weight excluding hydrogens is 445 g/mol. The Morgan fingerprint density at radius 2 is 2.04 bits per heavy atom. The molecule has 1 saturated heterocycles. The number of alkyl halides is 3. The molecule has 10 heteroatoms. The molecule has 1 aromatic heterocycles. The molecule has 1 aromatic carbocycles. The second-order valence-electron chi connectivity index (χ2n) is 4.79. The Bertz CT molecular complexity index is 908. The fourth-order valence-electron chi connectivity index (χ4n) is 1.90. The Morgan fingerprint density at radius 3 is 2.68 bits per heavy atom. The van der Waals surface area contributed by atoms with Crippen molar-refractivity contribution in [1.29, 1.82) is 0 Å². The van der Waals surface area contributed by atoms with Gasteiger partial charge in [0.2, 0.25) is 0 Å². The van der Waals surface area contributed by atoms with Crippen LogP contribution in [0.5, 0.6) is 0 Å². The van der Waals surface area contributed by atoms with Gasteiger partial charge in [0.1, 0.15) is 5.76 Å². The van der Waals surface area contributed by atoms with E-state index in [1.807, 2.05) is 0 Å². The Morgan fingerprint density at radius 1 is 1.28 bits per heavy atom. The molecule has 0 unspecified atom stereocenters. The van der Waals surface area contributed by atoms with Crippen molar-refractivity contribution in [3.05, 3.63) is 56.3 Å². The summed E-state index contributed by atoms with van der Waals surface area (Å²) in [7, 11) is 0. The fraction of sp³-hybridized carbons (Fsp3) is 0.0667. The number of nitrogens with one attached hydrogen (secondary N) is 1. The average molecular weight is 452 g/mol. The van der Waals surface area contributed by atoms with Crippen LogP contribution in [0.15, 0.2) is 49.3 Å². The second-order valence-corrected chi connectivity index (χ2v) is 7.01. The molecule has 0 radical (unpaired) electrons. The molecule has 25 heavy (non-hydrogen) atoms. The monoisotopic (exact) mass is 450 g/mol. The maximum Gasteiger partial charge on any atom is 0.416 e. The van der Waals surface area contributed by atoms with Gasteiger partial charge in [-0.25, -0.2) is 4.99 Å². The number of amides is 1. The number of halogens is 5. The van der Waals surface area contributed by atoms with E-state index < -0.39 is 17.6 Å². The number of nitrogens with zero attached hydrogens (tertiary/aromatic N) is 1. The molecule has 0 atom stereocenters. The SMILES string of the molecule is O=C1NC(=Nc2cc(C(F)(F)F)ccc2Cl)SC1=Cc1ccc(Br)o1. The van der Waals surface area contributed by atoms with Crippen LogP contribution in [-0.2, 0) is 11.0 Å². The van der Waals surface area contributed by atoms with Crippen molar-refractivity contribution in [2.24, 2.45) is 4.99 Å². The van der Waals surface area contributed by atoms with Crippen LogP contribution in [0.2, 0.25) is 5.02 Å². The Balaban J connectivity index is 1.88. The van der Waals surface area contributed by atoms with Crippen molar-refractivity contribution in [2.45, 2.75) is 6.18 Å². The first-order valence-electron chi connectivity index (χ1n) is 6.64. The third-order valence-electron chi connectivity index (χ3n) is 3.01. The molecule has 0 saturated carbocycles. The Kier molecular flexibility index (Phi) is 4.99. The van der Waals surface area contributed by atoms with E-state index in [-0.39, 0.29) is 15.9 Å². The number of rotatable bonds is 2. The lowest BCUT2D eigenvalue weighted by Crippen LogP contribution is -2.19. The molecule has 0 spiro atoms. The summed E-state index contributed by atoms with van der Waals surface area (Å²) in [6, 6.07) is 6.13. The van der Waals surface area contributed by atoms with Crippen LogP contribution in [0.3, 0.4) is 0 Å². The van der Waals surface area contributed by atoms with E-state index in [1.165, 1.54) is 6.08 Å². The molecule has 2 aromatic rings. The maximum absolute atomic E-state index is 12.8. The van der Waals surface area contributed by atoms with Crippen LogP contribution in [0, 0.1) is 0 Å². The molecule has 4 nitrogen and oxygen atoms in total. The lowest BCUT2D eigenvalue weighted by atomic mass is 10.2. The average Bonchev–Trinajstić information content (AvgIpc) is 3.07. The van der Waals surface area contributed by atoms with Crippen LogP contribution in [0.1, 0.15) is 11.3 Å². The summed E-state index contributed by atoms with van der Waals surface area (Å²) in [5.74, 6) is 0.0160. The molecule has 2 heterocycles. The number of carbonyl (C=O) groups excluding carboxylic acids is 1. The smallest absolute Gasteiger partial charge is 0.416 e. The summed E-state index contributed by atoms with van der Waals surface area (Å²) >= 11 is 10.0. The summed E-state index contributed by atoms with van der Waals surface area (Å²) in [5, 5.41) is 2.65. The van der Waals surface area contributed by atoms with E-state index in [0.29, 0.717) is 15.3 Å². The Labute approximate surface area is 157 Å². The number of aliphatic imine (C=N–C) groups is 1. The number of carbonyl (C=O) groups is 1. The first-order valence-corrected chi connectivity index (χ1v) is 8.63. The van der Waals surface area contributed by atoms with Crippen molar-refractivity contribution >= 4 is 62.1 Å². The summed E-state index contributed by atoms with van der Waals surface area (Å²) in [6.07, 6.45) is -3.01. The van der Waals surface area contributed by atoms with E-state index in [0.717, 1.165) is 30.0 Å². The quantitative estimate of drug-likeness (QED) is 0.604. The minimum Gasteiger partial charge on any atom is -0.450 e.